The number of nitrogen functional groups attached to an aromatic ring is 1. The molecule has 0 aliphatic heterocycles. The van der Waals surface area contributed by atoms with Crippen LogP contribution in [0.5, 0.6) is 0 Å². The quantitative estimate of drug-likeness (QED) is 0.865. The highest BCUT2D eigenvalue weighted by Gasteiger charge is 2.27. The second-order valence-electron chi connectivity index (χ2n) is 3.36. The van der Waals surface area contributed by atoms with E-state index in [4.69, 9.17) is 5.73 Å². The van der Waals surface area contributed by atoms with Crippen molar-refractivity contribution in [3.8, 4) is 0 Å². The van der Waals surface area contributed by atoms with Crippen molar-refractivity contribution in [1.82, 2.24) is 9.97 Å². The Kier molecular flexibility index (Phi) is 2.24. The lowest BCUT2D eigenvalue weighted by Crippen LogP contribution is -2.03. The van der Waals surface area contributed by atoms with Crippen LogP contribution in [0.4, 0.5) is 5.82 Å². The van der Waals surface area contributed by atoms with Crippen LogP contribution in [0.3, 0.4) is 0 Å². The first kappa shape index (κ1) is 8.94. The Morgan fingerprint density at radius 3 is 2.69 bits per heavy atom. The van der Waals surface area contributed by atoms with Gasteiger partial charge in [0.2, 0.25) is 0 Å². The maximum atomic E-state index is 5.76. The lowest BCUT2D eigenvalue weighted by atomic mass is 10.3. The molecule has 1 fully saturated rings. The van der Waals surface area contributed by atoms with E-state index in [0.717, 1.165) is 22.4 Å². The van der Waals surface area contributed by atoms with Gasteiger partial charge in [-0.05, 0) is 35.2 Å². The van der Waals surface area contributed by atoms with Gasteiger partial charge < -0.3 is 5.73 Å². The Labute approximate surface area is 85.9 Å². The van der Waals surface area contributed by atoms with Crippen LogP contribution in [-0.4, -0.2) is 9.97 Å². The minimum Gasteiger partial charge on any atom is -0.383 e. The molecule has 1 saturated carbocycles. The summed E-state index contributed by atoms with van der Waals surface area (Å²) in [5, 5.41) is 0. The molecule has 3 nitrogen and oxygen atoms in total. The summed E-state index contributed by atoms with van der Waals surface area (Å²) in [5.41, 5.74) is 6.79. The van der Waals surface area contributed by atoms with Gasteiger partial charge in [0.15, 0.2) is 0 Å². The summed E-state index contributed by atoms with van der Waals surface area (Å²) in [5.74, 6) is 2.08. The minimum atomic E-state index is 0.570. The van der Waals surface area contributed by atoms with Crippen LogP contribution < -0.4 is 5.73 Å². The van der Waals surface area contributed by atoms with Crippen LogP contribution in [0, 0.1) is 0 Å². The minimum absolute atomic E-state index is 0.570. The Morgan fingerprint density at radius 2 is 2.15 bits per heavy atom. The van der Waals surface area contributed by atoms with Crippen LogP contribution in [0.1, 0.15) is 37.2 Å². The summed E-state index contributed by atoms with van der Waals surface area (Å²) in [6.45, 7) is 2.07. The Hall–Kier alpha value is -0.640. The van der Waals surface area contributed by atoms with E-state index in [1.807, 2.05) is 0 Å². The summed E-state index contributed by atoms with van der Waals surface area (Å²) in [6, 6.07) is 0. The monoisotopic (exact) mass is 241 g/mol. The van der Waals surface area contributed by atoms with E-state index in [2.05, 4.69) is 32.8 Å². The molecule has 0 radical (unpaired) electrons. The fraction of sp³-hybridized carbons (Fsp3) is 0.556. The zero-order valence-corrected chi connectivity index (χ0v) is 9.13. The molecule has 2 N–H and O–H groups in total. The van der Waals surface area contributed by atoms with Crippen LogP contribution in [0.2, 0.25) is 0 Å². The normalized spacial score (nSPS) is 16.2. The number of anilines is 1. The van der Waals surface area contributed by atoms with Crippen molar-refractivity contribution in [1.29, 1.82) is 0 Å². The number of hydrogen-bond acceptors (Lipinski definition) is 3. The van der Waals surface area contributed by atoms with E-state index >= 15 is 0 Å². The van der Waals surface area contributed by atoms with Crippen molar-refractivity contribution >= 4 is 21.7 Å². The van der Waals surface area contributed by atoms with Crippen LogP contribution in [0.25, 0.3) is 0 Å². The number of rotatable bonds is 2. The summed E-state index contributed by atoms with van der Waals surface area (Å²) < 4.78 is 0.861. The zero-order valence-electron chi connectivity index (χ0n) is 7.55. The van der Waals surface area contributed by atoms with Gasteiger partial charge in [-0.15, -0.1) is 0 Å². The molecule has 13 heavy (non-hydrogen) atoms. The van der Waals surface area contributed by atoms with E-state index in [0.29, 0.717) is 11.7 Å². The topological polar surface area (TPSA) is 51.8 Å². The van der Waals surface area contributed by atoms with Gasteiger partial charge in [0.1, 0.15) is 11.6 Å². The first-order valence-electron chi connectivity index (χ1n) is 4.54. The van der Waals surface area contributed by atoms with Crippen molar-refractivity contribution in [2.75, 3.05) is 5.73 Å². The molecular weight excluding hydrogens is 230 g/mol. The molecule has 0 unspecified atom stereocenters. The second-order valence-corrected chi connectivity index (χ2v) is 4.15. The summed E-state index contributed by atoms with van der Waals surface area (Å²) in [6.07, 6.45) is 3.32. The third-order valence-electron chi connectivity index (χ3n) is 2.24. The van der Waals surface area contributed by atoms with Gasteiger partial charge in [0.25, 0.3) is 0 Å². The number of nitrogens with two attached hydrogens (primary N) is 1. The van der Waals surface area contributed by atoms with Crippen LogP contribution >= 0.6 is 15.9 Å². The van der Waals surface area contributed by atoms with Gasteiger partial charge in [-0.1, -0.05) is 6.92 Å². The maximum absolute atomic E-state index is 5.76. The first-order chi connectivity index (χ1) is 6.22. The predicted octanol–water partition coefficient (Wildman–Crippen LogP) is 2.26. The highest BCUT2D eigenvalue weighted by molar-refractivity contribution is 9.10. The molecule has 4 heteroatoms. The van der Waals surface area contributed by atoms with Crippen molar-refractivity contribution in [2.24, 2.45) is 0 Å². The van der Waals surface area contributed by atoms with Gasteiger partial charge in [-0.3, -0.25) is 0 Å². The largest absolute Gasteiger partial charge is 0.383 e. The molecule has 1 aliphatic carbocycles. The van der Waals surface area contributed by atoms with Crippen molar-refractivity contribution in [3.05, 3.63) is 16.0 Å². The first-order valence-corrected chi connectivity index (χ1v) is 5.33. The van der Waals surface area contributed by atoms with Gasteiger partial charge >= 0.3 is 0 Å². The van der Waals surface area contributed by atoms with E-state index in [-0.39, 0.29) is 0 Å². The van der Waals surface area contributed by atoms with E-state index < -0.39 is 0 Å². The average Bonchev–Trinajstić information content (AvgIpc) is 2.92. The van der Waals surface area contributed by atoms with Gasteiger partial charge in [0.05, 0.1) is 10.2 Å². The van der Waals surface area contributed by atoms with Crippen molar-refractivity contribution in [2.45, 2.75) is 32.1 Å². The van der Waals surface area contributed by atoms with Gasteiger partial charge in [0, 0.05) is 5.92 Å². The van der Waals surface area contributed by atoms with E-state index in [9.17, 15) is 0 Å². The number of aromatic nitrogens is 2. The smallest absolute Gasteiger partial charge is 0.141 e. The summed E-state index contributed by atoms with van der Waals surface area (Å²) in [7, 11) is 0. The highest BCUT2D eigenvalue weighted by Crippen LogP contribution is 2.39. The Bertz CT molecular complexity index is 334. The third-order valence-corrected chi connectivity index (χ3v) is 3.10. The molecule has 1 aromatic rings. The fourth-order valence-electron chi connectivity index (χ4n) is 1.29. The lowest BCUT2D eigenvalue weighted by Gasteiger charge is -2.05. The van der Waals surface area contributed by atoms with Crippen molar-refractivity contribution < 1.29 is 0 Å². The van der Waals surface area contributed by atoms with Gasteiger partial charge in [-0.2, -0.15) is 0 Å². The zero-order chi connectivity index (χ0) is 9.42. The maximum Gasteiger partial charge on any atom is 0.141 e. The molecule has 1 aliphatic rings. The molecule has 2 rings (SSSR count). The van der Waals surface area contributed by atoms with Gasteiger partial charge in [-0.25, -0.2) is 9.97 Å². The van der Waals surface area contributed by atoms with E-state index in [1.54, 1.807) is 0 Å². The fourth-order valence-corrected chi connectivity index (χ4v) is 1.75. The van der Waals surface area contributed by atoms with Crippen molar-refractivity contribution in [3.63, 3.8) is 0 Å². The summed E-state index contributed by atoms with van der Waals surface area (Å²) >= 11 is 3.39. The molecule has 0 spiro atoms. The second kappa shape index (κ2) is 3.25. The molecule has 1 aromatic heterocycles. The standard InChI is InChI=1S/C9H12BrN3/c1-2-6-7(10)8(11)13-9(12-6)5-3-4-5/h5H,2-4H2,1H3,(H2,11,12,13). The Balaban J connectivity index is 2.43. The molecule has 1 heterocycles. The summed E-state index contributed by atoms with van der Waals surface area (Å²) in [4.78, 5) is 8.74. The molecule has 70 valence electrons. The lowest BCUT2D eigenvalue weighted by molar-refractivity contribution is 0.876. The van der Waals surface area contributed by atoms with E-state index in [1.165, 1.54) is 12.8 Å². The third kappa shape index (κ3) is 1.68. The highest BCUT2D eigenvalue weighted by atomic mass is 79.9. The molecule has 0 atom stereocenters. The molecular formula is C9H12BrN3. The predicted molar refractivity (Wildman–Crippen MR) is 55.5 cm³/mol. The molecule has 0 bridgehead atoms. The molecule has 0 amide bonds. The number of halogens is 1. The van der Waals surface area contributed by atoms with Crippen LogP contribution in [0.15, 0.2) is 4.47 Å². The number of hydrogen-bond donors (Lipinski definition) is 1. The Morgan fingerprint density at radius 1 is 1.46 bits per heavy atom. The molecule has 0 aromatic carbocycles. The molecule has 0 saturated heterocycles. The number of nitrogens with zero attached hydrogens (tertiary/aromatic N) is 2. The SMILES string of the molecule is CCc1nc(C2CC2)nc(N)c1Br. The van der Waals surface area contributed by atoms with Crippen LogP contribution in [-0.2, 0) is 6.42 Å². The number of aryl methyl sites for hydroxylation is 1. The average molecular weight is 242 g/mol.